The summed E-state index contributed by atoms with van der Waals surface area (Å²) in [5.74, 6) is 0.601. The van der Waals surface area contributed by atoms with E-state index in [2.05, 4.69) is 15.3 Å². The molecule has 0 saturated carbocycles. The molecule has 1 aliphatic rings. The second-order valence-electron chi connectivity index (χ2n) is 5.88. The van der Waals surface area contributed by atoms with Gasteiger partial charge in [0.05, 0.1) is 23.2 Å². The largest absolute Gasteiger partial charge is 0.351 e. The standard InChI is InChI=1S/C17H20N4O2S/c1-11-5-6-15(24-11)17(23)21-9-3-4-14(21)16-18-8-7-13(20-16)10-19-12(2)22/h5-8,14H,3-4,9-10H2,1-2H3,(H,19,22)/t14-/m1/s1. The van der Waals surface area contributed by atoms with Crippen LogP contribution in [-0.4, -0.2) is 33.2 Å². The maximum atomic E-state index is 12.8. The van der Waals surface area contributed by atoms with Gasteiger partial charge in [-0.1, -0.05) is 0 Å². The fourth-order valence-corrected chi connectivity index (χ4v) is 3.68. The molecule has 2 aromatic heterocycles. The summed E-state index contributed by atoms with van der Waals surface area (Å²) in [7, 11) is 0. The second-order valence-corrected chi connectivity index (χ2v) is 7.17. The maximum absolute atomic E-state index is 12.8. The number of carbonyl (C=O) groups excluding carboxylic acids is 2. The van der Waals surface area contributed by atoms with Crippen molar-refractivity contribution in [3.05, 3.63) is 45.7 Å². The quantitative estimate of drug-likeness (QED) is 0.924. The van der Waals surface area contributed by atoms with E-state index in [-0.39, 0.29) is 17.9 Å². The molecule has 0 aromatic carbocycles. The van der Waals surface area contributed by atoms with E-state index in [4.69, 9.17) is 0 Å². The van der Waals surface area contributed by atoms with Gasteiger partial charge in [-0.3, -0.25) is 9.59 Å². The van der Waals surface area contributed by atoms with Crippen LogP contribution in [0.1, 0.15) is 51.9 Å². The van der Waals surface area contributed by atoms with E-state index >= 15 is 0 Å². The highest BCUT2D eigenvalue weighted by Crippen LogP contribution is 2.32. The molecule has 1 aliphatic heterocycles. The molecule has 0 bridgehead atoms. The lowest BCUT2D eigenvalue weighted by Crippen LogP contribution is -2.31. The third-order valence-corrected chi connectivity index (χ3v) is 5.00. The van der Waals surface area contributed by atoms with Gasteiger partial charge in [-0.2, -0.15) is 0 Å². The van der Waals surface area contributed by atoms with Crippen LogP contribution < -0.4 is 5.32 Å². The first-order chi connectivity index (χ1) is 11.5. The Bertz CT molecular complexity index is 759. The highest BCUT2D eigenvalue weighted by molar-refractivity contribution is 7.13. The molecule has 126 valence electrons. The first-order valence-electron chi connectivity index (χ1n) is 7.98. The Hall–Kier alpha value is -2.28. The van der Waals surface area contributed by atoms with Gasteiger partial charge >= 0.3 is 0 Å². The first-order valence-corrected chi connectivity index (χ1v) is 8.80. The zero-order chi connectivity index (χ0) is 17.1. The van der Waals surface area contributed by atoms with Gasteiger partial charge in [0, 0.05) is 24.5 Å². The molecule has 3 rings (SSSR count). The first kappa shape index (κ1) is 16.6. The van der Waals surface area contributed by atoms with Gasteiger partial charge in [-0.15, -0.1) is 11.3 Å². The molecule has 3 heterocycles. The van der Waals surface area contributed by atoms with Crippen molar-refractivity contribution in [1.29, 1.82) is 0 Å². The number of thiophene rings is 1. The predicted octanol–water partition coefficient (Wildman–Crippen LogP) is 2.46. The number of rotatable bonds is 4. The van der Waals surface area contributed by atoms with Crippen LogP contribution in [0.3, 0.4) is 0 Å². The number of amides is 2. The highest BCUT2D eigenvalue weighted by Gasteiger charge is 2.33. The minimum Gasteiger partial charge on any atom is -0.351 e. The minimum atomic E-state index is -0.0998. The van der Waals surface area contributed by atoms with Gasteiger partial charge in [-0.05, 0) is 38.0 Å². The summed E-state index contributed by atoms with van der Waals surface area (Å²) in [4.78, 5) is 36.5. The number of hydrogen-bond acceptors (Lipinski definition) is 5. The highest BCUT2D eigenvalue weighted by atomic mass is 32.1. The van der Waals surface area contributed by atoms with Crippen molar-refractivity contribution in [1.82, 2.24) is 20.2 Å². The fraction of sp³-hybridized carbons (Fsp3) is 0.412. The van der Waals surface area contributed by atoms with Crippen LogP contribution >= 0.6 is 11.3 Å². The lowest BCUT2D eigenvalue weighted by atomic mass is 10.2. The molecule has 0 aliphatic carbocycles. The number of aryl methyl sites for hydroxylation is 1. The molecule has 24 heavy (non-hydrogen) atoms. The Balaban J connectivity index is 1.79. The molecule has 0 spiro atoms. The molecule has 1 fully saturated rings. The summed E-state index contributed by atoms with van der Waals surface area (Å²) >= 11 is 1.51. The lowest BCUT2D eigenvalue weighted by molar-refractivity contribution is -0.119. The van der Waals surface area contributed by atoms with Crippen molar-refractivity contribution >= 4 is 23.2 Å². The Morgan fingerprint density at radius 2 is 2.21 bits per heavy atom. The molecular formula is C17H20N4O2S. The molecule has 1 atom stereocenters. The summed E-state index contributed by atoms with van der Waals surface area (Å²) in [5.41, 5.74) is 0.751. The summed E-state index contributed by atoms with van der Waals surface area (Å²) in [6.45, 7) is 4.56. The third-order valence-electron chi connectivity index (χ3n) is 4.01. The monoisotopic (exact) mass is 344 g/mol. The lowest BCUT2D eigenvalue weighted by Gasteiger charge is -2.23. The number of likely N-dealkylation sites (tertiary alicyclic amines) is 1. The predicted molar refractivity (Wildman–Crippen MR) is 91.6 cm³/mol. The SMILES string of the molecule is CC(=O)NCc1ccnc([C@H]2CCCN2C(=O)c2ccc(C)s2)n1. The van der Waals surface area contributed by atoms with Gasteiger partial charge in [0.1, 0.15) is 0 Å². The molecule has 0 radical (unpaired) electrons. The van der Waals surface area contributed by atoms with Crippen LogP contribution in [0.2, 0.25) is 0 Å². The van der Waals surface area contributed by atoms with Crippen molar-refractivity contribution in [2.75, 3.05) is 6.54 Å². The van der Waals surface area contributed by atoms with E-state index in [9.17, 15) is 9.59 Å². The van der Waals surface area contributed by atoms with Crippen molar-refractivity contribution in [2.45, 2.75) is 39.3 Å². The van der Waals surface area contributed by atoms with Gasteiger partial charge in [0.15, 0.2) is 5.82 Å². The van der Waals surface area contributed by atoms with E-state index < -0.39 is 0 Å². The topological polar surface area (TPSA) is 75.2 Å². The van der Waals surface area contributed by atoms with E-state index in [0.717, 1.165) is 34.8 Å². The van der Waals surface area contributed by atoms with Crippen LogP contribution in [0.15, 0.2) is 24.4 Å². The average molecular weight is 344 g/mol. The summed E-state index contributed by atoms with van der Waals surface area (Å²) in [6, 6.07) is 5.53. The van der Waals surface area contributed by atoms with Crippen molar-refractivity contribution in [2.24, 2.45) is 0 Å². The summed E-state index contributed by atoms with van der Waals surface area (Å²) in [5, 5.41) is 2.73. The Kier molecular flexibility index (Phi) is 4.89. The smallest absolute Gasteiger partial charge is 0.264 e. The molecule has 6 nitrogen and oxygen atoms in total. The Labute approximate surface area is 144 Å². The van der Waals surface area contributed by atoms with Gasteiger partial charge in [0.25, 0.3) is 5.91 Å². The van der Waals surface area contributed by atoms with Crippen LogP contribution in [0.4, 0.5) is 0 Å². The van der Waals surface area contributed by atoms with Gasteiger partial charge in [0.2, 0.25) is 5.91 Å². The molecule has 1 N–H and O–H groups in total. The van der Waals surface area contributed by atoms with Crippen molar-refractivity contribution < 1.29 is 9.59 Å². The third kappa shape index (κ3) is 3.62. The number of hydrogen-bond donors (Lipinski definition) is 1. The zero-order valence-corrected chi connectivity index (χ0v) is 14.6. The van der Waals surface area contributed by atoms with Crippen LogP contribution in [0, 0.1) is 6.92 Å². The van der Waals surface area contributed by atoms with E-state index in [1.807, 2.05) is 24.0 Å². The van der Waals surface area contributed by atoms with Crippen LogP contribution in [-0.2, 0) is 11.3 Å². The molecule has 1 saturated heterocycles. The molecule has 2 aromatic rings. The fourth-order valence-electron chi connectivity index (χ4n) is 2.86. The minimum absolute atomic E-state index is 0.0477. The van der Waals surface area contributed by atoms with E-state index in [0.29, 0.717) is 12.4 Å². The number of nitrogens with one attached hydrogen (secondary N) is 1. The normalized spacial score (nSPS) is 17.1. The summed E-state index contributed by atoms with van der Waals surface area (Å²) in [6.07, 6.45) is 3.50. The maximum Gasteiger partial charge on any atom is 0.264 e. The van der Waals surface area contributed by atoms with Crippen molar-refractivity contribution in [3.63, 3.8) is 0 Å². The molecule has 7 heteroatoms. The zero-order valence-electron chi connectivity index (χ0n) is 13.8. The van der Waals surface area contributed by atoms with Crippen molar-refractivity contribution in [3.8, 4) is 0 Å². The average Bonchev–Trinajstić information content (AvgIpc) is 3.21. The Morgan fingerprint density at radius 3 is 2.92 bits per heavy atom. The van der Waals surface area contributed by atoms with E-state index in [1.54, 1.807) is 12.3 Å². The van der Waals surface area contributed by atoms with Crippen LogP contribution in [0.5, 0.6) is 0 Å². The molecule has 2 amide bonds. The molecular weight excluding hydrogens is 324 g/mol. The number of aromatic nitrogens is 2. The van der Waals surface area contributed by atoms with Crippen LogP contribution in [0.25, 0.3) is 0 Å². The summed E-state index contributed by atoms with van der Waals surface area (Å²) < 4.78 is 0. The second kappa shape index (κ2) is 7.09. The van der Waals surface area contributed by atoms with Gasteiger partial charge in [-0.25, -0.2) is 9.97 Å². The number of nitrogens with zero attached hydrogens (tertiary/aromatic N) is 3. The van der Waals surface area contributed by atoms with E-state index in [1.165, 1.54) is 18.3 Å². The van der Waals surface area contributed by atoms with Gasteiger partial charge < -0.3 is 10.2 Å². The molecule has 0 unspecified atom stereocenters. The number of carbonyl (C=O) groups is 2. The Morgan fingerprint density at radius 1 is 1.38 bits per heavy atom.